The van der Waals surface area contributed by atoms with Crippen molar-refractivity contribution in [3.05, 3.63) is 59.7 Å². The number of rotatable bonds is 4. The molecule has 20 heavy (non-hydrogen) atoms. The van der Waals surface area contributed by atoms with Gasteiger partial charge in [0.05, 0.1) is 6.42 Å². The molecule has 0 amide bonds. The SMILES string of the molecule is CC(CN)c1noc(Cc2cccc3ccccc23)n1. The average Bonchev–Trinajstić information content (AvgIpc) is 2.95. The van der Waals surface area contributed by atoms with Gasteiger partial charge in [0.2, 0.25) is 5.89 Å². The van der Waals surface area contributed by atoms with Crippen LogP contribution in [0.4, 0.5) is 0 Å². The lowest BCUT2D eigenvalue weighted by atomic mass is 10.0. The average molecular weight is 267 g/mol. The van der Waals surface area contributed by atoms with Crippen molar-refractivity contribution in [1.82, 2.24) is 10.1 Å². The van der Waals surface area contributed by atoms with Crippen molar-refractivity contribution in [2.45, 2.75) is 19.3 Å². The lowest BCUT2D eigenvalue weighted by Crippen LogP contribution is -2.10. The number of aromatic nitrogens is 2. The van der Waals surface area contributed by atoms with Crippen LogP contribution in [0.1, 0.15) is 30.1 Å². The molecule has 0 radical (unpaired) electrons. The van der Waals surface area contributed by atoms with E-state index in [-0.39, 0.29) is 5.92 Å². The molecule has 0 saturated heterocycles. The number of hydrogen-bond acceptors (Lipinski definition) is 4. The van der Waals surface area contributed by atoms with Gasteiger partial charge in [0.1, 0.15) is 0 Å². The number of nitrogens with zero attached hydrogens (tertiary/aromatic N) is 2. The third-order valence-corrected chi connectivity index (χ3v) is 3.50. The quantitative estimate of drug-likeness (QED) is 0.789. The monoisotopic (exact) mass is 267 g/mol. The lowest BCUT2D eigenvalue weighted by Gasteiger charge is -2.03. The topological polar surface area (TPSA) is 64.9 Å². The Morgan fingerprint density at radius 3 is 2.80 bits per heavy atom. The molecule has 2 N–H and O–H groups in total. The molecule has 0 bridgehead atoms. The number of benzene rings is 2. The Labute approximate surface area is 117 Å². The summed E-state index contributed by atoms with van der Waals surface area (Å²) in [5.41, 5.74) is 6.81. The number of fused-ring (bicyclic) bond motifs is 1. The van der Waals surface area contributed by atoms with Crippen LogP contribution in [0.15, 0.2) is 47.0 Å². The lowest BCUT2D eigenvalue weighted by molar-refractivity contribution is 0.377. The second-order valence-corrected chi connectivity index (χ2v) is 5.00. The fourth-order valence-corrected chi connectivity index (χ4v) is 2.25. The van der Waals surface area contributed by atoms with E-state index < -0.39 is 0 Å². The Morgan fingerprint density at radius 1 is 1.15 bits per heavy atom. The van der Waals surface area contributed by atoms with Gasteiger partial charge in [-0.3, -0.25) is 0 Å². The van der Waals surface area contributed by atoms with Crippen LogP contribution < -0.4 is 5.73 Å². The van der Waals surface area contributed by atoms with Gasteiger partial charge in [-0.05, 0) is 16.3 Å². The van der Waals surface area contributed by atoms with Crippen molar-refractivity contribution in [2.24, 2.45) is 5.73 Å². The van der Waals surface area contributed by atoms with E-state index in [0.29, 0.717) is 24.7 Å². The highest BCUT2D eigenvalue weighted by molar-refractivity contribution is 5.85. The first kappa shape index (κ1) is 12.8. The molecule has 4 heteroatoms. The maximum Gasteiger partial charge on any atom is 0.231 e. The molecule has 1 atom stereocenters. The molecule has 4 nitrogen and oxygen atoms in total. The Morgan fingerprint density at radius 2 is 1.95 bits per heavy atom. The first-order valence-corrected chi connectivity index (χ1v) is 6.77. The molecule has 0 fully saturated rings. The molecule has 0 aliphatic carbocycles. The molecule has 0 spiro atoms. The molecular weight excluding hydrogens is 250 g/mol. The summed E-state index contributed by atoms with van der Waals surface area (Å²) in [6.07, 6.45) is 0.644. The third kappa shape index (κ3) is 2.42. The van der Waals surface area contributed by atoms with Gasteiger partial charge < -0.3 is 10.3 Å². The summed E-state index contributed by atoms with van der Waals surface area (Å²) in [4.78, 5) is 4.43. The van der Waals surface area contributed by atoms with Gasteiger partial charge in [0.25, 0.3) is 0 Å². The molecule has 3 aromatic rings. The summed E-state index contributed by atoms with van der Waals surface area (Å²) in [6, 6.07) is 14.6. The first-order valence-electron chi connectivity index (χ1n) is 6.77. The molecule has 102 valence electrons. The van der Waals surface area contributed by atoms with E-state index >= 15 is 0 Å². The highest BCUT2D eigenvalue weighted by Crippen LogP contribution is 2.21. The van der Waals surface area contributed by atoms with Crippen molar-refractivity contribution < 1.29 is 4.52 Å². The van der Waals surface area contributed by atoms with E-state index in [0.717, 1.165) is 0 Å². The fraction of sp³-hybridized carbons (Fsp3) is 0.250. The predicted molar refractivity (Wildman–Crippen MR) is 78.5 cm³/mol. The zero-order chi connectivity index (χ0) is 13.9. The van der Waals surface area contributed by atoms with Crippen molar-refractivity contribution in [3.63, 3.8) is 0 Å². The van der Waals surface area contributed by atoms with Gasteiger partial charge in [-0.2, -0.15) is 4.98 Å². The fourth-order valence-electron chi connectivity index (χ4n) is 2.25. The summed E-state index contributed by atoms with van der Waals surface area (Å²) < 4.78 is 5.32. The number of nitrogens with two attached hydrogens (primary N) is 1. The Bertz CT molecular complexity index is 715. The van der Waals surface area contributed by atoms with E-state index in [1.807, 2.05) is 19.1 Å². The zero-order valence-corrected chi connectivity index (χ0v) is 11.4. The third-order valence-electron chi connectivity index (χ3n) is 3.50. The Hall–Kier alpha value is -2.20. The minimum Gasteiger partial charge on any atom is -0.339 e. The van der Waals surface area contributed by atoms with E-state index in [4.69, 9.17) is 10.3 Å². The van der Waals surface area contributed by atoms with Crippen LogP contribution >= 0.6 is 0 Å². The van der Waals surface area contributed by atoms with Crippen LogP contribution in [0, 0.1) is 0 Å². The van der Waals surface area contributed by atoms with Gasteiger partial charge in [0, 0.05) is 12.5 Å². The van der Waals surface area contributed by atoms with E-state index in [1.165, 1.54) is 16.3 Å². The highest BCUT2D eigenvalue weighted by Gasteiger charge is 2.13. The normalized spacial score (nSPS) is 12.7. The smallest absolute Gasteiger partial charge is 0.231 e. The second kappa shape index (κ2) is 5.43. The van der Waals surface area contributed by atoms with Crippen molar-refractivity contribution in [3.8, 4) is 0 Å². The molecule has 3 rings (SSSR count). The molecule has 0 saturated carbocycles. The van der Waals surface area contributed by atoms with Crippen LogP contribution in [0.3, 0.4) is 0 Å². The van der Waals surface area contributed by atoms with Gasteiger partial charge in [0.15, 0.2) is 5.82 Å². The van der Waals surface area contributed by atoms with Gasteiger partial charge in [-0.25, -0.2) is 0 Å². The van der Waals surface area contributed by atoms with Crippen molar-refractivity contribution in [2.75, 3.05) is 6.54 Å². The van der Waals surface area contributed by atoms with Crippen LogP contribution in [0.2, 0.25) is 0 Å². The molecule has 2 aromatic carbocycles. The van der Waals surface area contributed by atoms with E-state index in [1.54, 1.807) is 0 Å². The maximum atomic E-state index is 5.62. The van der Waals surface area contributed by atoms with Crippen molar-refractivity contribution >= 4 is 10.8 Å². The van der Waals surface area contributed by atoms with Crippen molar-refractivity contribution in [1.29, 1.82) is 0 Å². The maximum absolute atomic E-state index is 5.62. The van der Waals surface area contributed by atoms with Crippen LogP contribution in [-0.4, -0.2) is 16.7 Å². The van der Waals surface area contributed by atoms with Crippen LogP contribution in [0.5, 0.6) is 0 Å². The molecule has 0 aliphatic heterocycles. The predicted octanol–water partition coefficient (Wildman–Crippen LogP) is 2.88. The zero-order valence-electron chi connectivity index (χ0n) is 11.4. The summed E-state index contributed by atoms with van der Waals surface area (Å²) in [6.45, 7) is 2.51. The van der Waals surface area contributed by atoms with Crippen LogP contribution in [-0.2, 0) is 6.42 Å². The van der Waals surface area contributed by atoms with Gasteiger partial charge in [-0.15, -0.1) is 0 Å². The Balaban J connectivity index is 1.91. The molecule has 0 aliphatic rings. The summed E-state index contributed by atoms with van der Waals surface area (Å²) in [5.74, 6) is 1.44. The summed E-state index contributed by atoms with van der Waals surface area (Å²) in [5, 5.41) is 6.44. The largest absolute Gasteiger partial charge is 0.339 e. The standard InChI is InChI=1S/C16H17N3O/c1-11(10-17)16-18-15(20-19-16)9-13-7-4-6-12-5-2-3-8-14(12)13/h2-8,11H,9-10,17H2,1H3. The molecule has 1 aromatic heterocycles. The van der Waals surface area contributed by atoms with E-state index in [9.17, 15) is 0 Å². The summed E-state index contributed by atoms with van der Waals surface area (Å²) in [7, 11) is 0. The summed E-state index contributed by atoms with van der Waals surface area (Å²) >= 11 is 0. The number of hydrogen-bond donors (Lipinski definition) is 1. The Kier molecular flexibility index (Phi) is 3.48. The van der Waals surface area contributed by atoms with Crippen LogP contribution in [0.25, 0.3) is 10.8 Å². The molecule has 1 unspecified atom stereocenters. The molecular formula is C16H17N3O. The first-order chi connectivity index (χ1) is 9.78. The minimum absolute atomic E-state index is 0.125. The highest BCUT2D eigenvalue weighted by atomic mass is 16.5. The molecule has 1 heterocycles. The second-order valence-electron chi connectivity index (χ2n) is 5.00. The van der Waals surface area contributed by atoms with Gasteiger partial charge >= 0.3 is 0 Å². The van der Waals surface area contributed by atoms with E-state index in [2.05, 4.69) is 40.5 Å². The van der Waals surface area contributed by atoms with Gasteiger partial charge in [-0.1, -0.05) is 54.5 Å². The minimum atomic E-state index is 0.125.